The Kier molecular flexibility index (Phi) is 4.05. The van der Waals surface area contributed by atoms with E-state index in [1.165, 1.54) is 0 Å². The van der Waals surface area contributed by atoms with Gasteiger partial charge in [0.25, 0.3) is 0 Å². The number of nitrogens with zero attached hydrogens (tertiary/aromatic N) is 1. The molecule has 4 heteroatoms. The first-order valence-corrected chi connectivity index (χ1v) is 6.21. The van der Waals surface area contributed by atoms with Crippen LogP contribution in [0.25, 0.3) is 0 Å². The van der Waals surface area contributed by atoms with Crippen LogP contribution < -0.4 is 10.1 Å². The van der Waals surface area contributed by atoms with E-state index in [0.29, 0.717) is 0 Å². The smallest absolute Gasteiger partial charge is 0.132 e. The molecule has 0 saturated carbocycles. The topological polar surface area (TPSA) is 34.1 Å². The normalized spacial score (nSPS) is 10.2. The van der Waals surface area contributed by atoms with Crippen molar-refractivity contribution in [1.29, 1.82) is 0 Å². The van der Waals surface area contributed by atoms with Gasteiger partial charge < -0.3 is 10.1 Å². The van der Waals surface area contributed by atoms with Crippen LogP contribution in [0.5, 0.6) is 11.5 Å². The van der Waals surface area contributed by atoms with Gasteiger partial charge in [-0.25, -0.2) is 4.98 Å². The first-order valence-electron chi connectivity index (χ1n) is 5.83. The van der Waals surface area contributed by atoms with Crippen molar-refractivity contribution < 1.29 is 4.74 Å². The van der Waals surface area contributed by atoms with Gasteiger partial charge in [-0.15, -0.1) is 0 Å². The van der Waals surface area contributed by atoms with Crippen LogP contribution in [0.2, 0.25) is 5.02 Å². The van der Waals surface area contributed by atoms with Crippen LogP contribution in [0.3, 0.4) is 0 Å². The maximum atomic E-state index is 6.07. The van der Waals surface area contributed by atoms with E-state index in [0.717, 1.165) is 34.3 Å². The largest absolute Gasteiger partial charge is 0.457 e. The Labute approximate surface area is 112 Å². The van der Waals surface area contributed by atoms with Crippen LogP contribution in [0.1, 0.15) is 12.5 Å². The van der Waals surface area contributed by atoms with Crippen LogP contribution in [0.4, 0.5) is 5.82 Å². The average Bonchev–Trinajstić information content (AvgIpc) is 2.41. The maximum Gasteiger partial charge on any atom is 0.132 e. The number of hydrogen-bond donors (Lipinski definition) is 1. The van der Waals surface area contributed by atoms with Gasteiger partial charge >= 0.3 is 0 Å². The van der Waals surface area contributed by atoms with Crippen molar-refractivity contribution in [2.24, 2.45) is 0 Å². The molecule has 0 aliphatic heterocycles. The molecule has 0 amide bonds. The summed E-state index contributed by atoms with van der Waals surface area (Å²) in [4.78, 5) is 4.14. The number of rotatable bonds is 4. The SMILES string of the molecule is CCc1cc(Oc2ccnc(NC)c2)ccc1Cl. The first-order chi connectivity index (χ1) is 8.72. The number of ether oxygens (including phenoxy) is 1. The number of benzene rings is 1. The molecule has 0 radical (unpaired) electrons. The second kappa shape index (κ2) is 5.74. The molecular weight excluding hydrogens is 248 g/mol. The van der Waals surface area contributed by atoms with Crippen LogP contribution in [-0.4, -0.2) is 12.0 Å². The lowest BCUT2D eigenvalue weighted by Gasteiger charge is -2.09. The average molecular weight is 263 g/mol. The summed E-state index contributed by atoms with van der Waals surface area (Å²) in [6.07, 6.45) is 2.59. The fourth-order valence-electron chi connectivity index (χ4n) is 1.63. The van der Waals surface area contributed by atoms with Crippen LogP contribution in [0.15, 0.2) is 36.5 Å². The fraction of sp³-hybridized carbons (Fsp3) is 0.214. The fourth-order valence-corrected chi connectivity index (χ4v) is 1.88. The molecule has 1 N–H and O–H groups in total. The molecule has 1 aromatic carbocycles. The summed E-state index contributed by atoms with van der Waals surface area (Å²) >= 11 is 6.07. The van der Waals surface area contributed by atoms with Gasteiger partial charge in [-0.05, 0) is 36.2 Å². The van der Waals surface area contributed by atoms with Crippen LogP contribution >= 0.6 is 11.6 Å². The lowest BCUT2D eigenvalue weighted by molar-refractivity contribution is 0.481. The summed E-state index contributed by atoms with van der Waals surface area (Å²) in [5, 5.41) is 3.75. The van der Waals surface area contributed by atoms with Gasteiger partial charge in [-0.2, -0.15) is 0 Å². The third-order valence-corrected chi connectivity index (χ3v) is 2.99. The van der Waals surface area contributed by atoms with Gasteiger partial charge in [0.15, 0.2) is 0 Å². The molecule has 0 spiro atoms. The lowest BCUT2D eigenvalue weighted by Crippen LogP contribution is -1.93. The highest BCUT2D eigenvalue weighted by atomic mass is 35.5. The standard InChI is InChI=1S/C14H15ClN2O/c1-3-10-8-11(4-5-13(10)15)18-12-6-7-17-14(9-12)16-2/h4-9H,3H2,1-2H3,(H,16,17). The summed E-state index contributed by atoms with van der Waals surface area (Å²) in [6, 6.07) is 9.35. The monoisotopic (exact) mass is 262 g/mol. The molecule has 1 aromatic heterocycles. The number of pyridine rings is 1. The van der Waals surface area contributed by atoms with E-state index in [9.17, 15) is 0 Å². The quantitative estimate of drug-likeness (QED) is 0.900. The zero-order valence-electron chi connectivity index (χ0n) is 10.4. The van der Waals surface area contributed by atoms with Gasteiger partial charge in [0.1, 0.15) is 17.3 Å². The third-order valence-electron chi connectivity index (χ3n) is 2.62. The summed E-state index contributed by atoms with van der Waals surface area (Å²) in [5.74, 6) is 2.31. The predicted molar refractivity (Wildman–Crippen MR) is 74.7 cm³/mol. The highest BCUT2D eigenvalue weighted by molar-refractivity contribution is 6.31. The Morgan fingerprint density at radius 3 is 2.72 bits per heavy atom. The zero-order chi connectivity index (χ0) is 13.0. The number of nitrogens with one attached hydrogen (secondary N) is 1. The van der Waals surface area contributed by atoms with E-state index in [4.69, 9.17) is 16.3 Å². The minimum atomic E-state index is 0.749. The van der Waals surface area contributed by atoms with Gasteiger partial charge in [0, 0.05) is 24.3 Å². The Bertz CT molecular complexity index is 543. The Morgan fingerprint density at radius 2 is 2.00 bits per heavy atom. The number of anilines is 1. The molecule has 94 valence electrons. The molecule has 1 heterocycles. The summed E-state index contributed by atoms with van der Waals surface area (Å²) in [6.45, 7) is 2.07. The van der Waals surface area contributed by atoms with E-state index >= 15 is 0 Å². The minimum Gasteiger partial charge on any atom is -0.457 e. The molecule has 3 nitrogen and oxygen atoms in total. The molecule has 0 fully saturated rings. The summed E-state index contributed by atoms with van der Waals surface area (Å²) in [5.41, 5.74) is 1.08. The molecule has 2 rings (SSSR count). The molecule has 0 saturated heterocycles. The second-order valence-electron chi connectivity index (χ2n) is 3.84. The van der Waals surface area contributed by atoms with Gasteiger partial charge in [-0.3, -0.25) is 0 Å². The molecular formula is C14H15ClN2O. The van der Waals surface area contributed by atoms with Crippen LogP contribution in [0, 0.1) is 0 Å². The molecule has 0 atom stereocenters. The summed E-state index contributed by atoms with van der Waals surface area (Å²) < 4.78 is 5.78. The van der Waals surface area contributed by atoms with E-state index < -0.39 is 0 Å². The zero-order valence-corrected chi connectivity index (χ0v) is 11.2. The Hall–Kier alpha value is -1.74. The third kappa shape index (κ3) is 2.93. The van der Waals surface area contributed by atoms with Crippen molar-refractivity contribution in [2.75, 3.05) is 12.4 Å². The second-order valence-corrected chi connectivity index (χ2v) is 4.24. The minimum absolute atomic E-state index is 0.749. The summed E-state index contributed by atoms with van der Waals surface area (Å²) in [7, 11) is 1.82. The Morgan fingerprint density at radius 1 is 1.22 bits per heavy atom. The van der Waals surface area contributed by atoms with Gasteiger partial charge in [0.05, 0.1) is 0 Å². The van der Waals surface area contributed by atoms with Crippen molar-refractivity contribution >= 4 is 17.4 Å². The molecule has 18 heavy (non-hydrogen) atoms. The maximum absolute atomic E-state index is 6.07. The van der Waals surface area contributed by atoms with Crippen molar-refractivity contribution in [1.82, 2.24) is 4.98 Å². The van der Waals surface area contributed by atoms with Crippen molar-refractivity contribution in [3.63, 3.8) is 0 Å². The predicted octanol–water partition coefficient (Wildman–Crippen LogP) is 4.13. The molecule has 0 bridgehead atoms. The molecule has 0 aliphatic carbocycles. The Balaban J connectivity index is 2.22. The molecule has 0 aliphatic rings. The molecule has 2 aromatic rings. The van der Waals surface area contributed by atoms with Gasteiger partial charge in [-0.1, -0.05) is 18.5 Å². The van der Waals surface area contributed by atoms with E-state index in [1.54, 1.807) is 6.20 Å². The van der Waals surface area contributed by atoms with Gasteiger partial charge in [0.2, 0.25) is 0 Å². The lowest BCUT2D eigenvalue weighted by atomic mass is 10.1. The van der Waals surface area contributed by atoms with Crippen molar-refractivity contribution in [3.05, 3.63) is 47.1 Å². The van der Waals surface area contributed by atoms with E-state index in [2.05, 4.69) is 17.2 Å². The highest BCUT2D eigenvalue weighted by Gasteiger charge is 2.03. The number of aromatic nitrogens is 1. The highest BCUT2D eigenvalue weighted by Crippen LogP contribution is 2.27. The number of aryl methyl sites for hydroxylation is 1. The molecule has 0 unspecified atom stereocenters. The number of halogens is 1. The first kappa shape index (κ1) is 12.7. The van der Waals surface area contributed by atoms with Crippen molar-refractivity contribution in [3.8, 4) is 11.5 Å². The van der Waals surface area contributed by atoms with Crippen molar-refractivity contribution in [2.45, 2.75) is 13.3 Å². The van der Waals surface area contributed by atoms with Crippen LogP contribution in [-0.2, 0) is 6.42 Å². The van der Waals surface area contributed by atoms with E-state index in [1.807, 2.05) is 37.4 Å². The number of hydrogen-bond acceptors (Lipinski definition) is 3. The van der Waals surface area contributed by atoms with E-state index in [-0.39, 0.29) is 0 Å².